The zero-order valence-electron chi connectivity index (χ0n) is 13.6. The van der Waals surface area contributed by atoms with Crippen LogP contribution in [0.5, 0.6) is 0 Å². The number of hydrogen-bond donors (Lipinski definition) is 1. The third kappa shape index (κ3) is 3.26. The maximum Gasteiger partial charge on any atom is 0.242 e. The van der Waals surface area contributed by atoms with E-state index in [2.05, 4.69) is 0 Å². The topological polar surface area (TPSA) is 83.7 Å². The highest BCUT2D eigenvalue weighted by Crippen LogP contribution is 2.35. The molecule has 7 heteroatoms. The van der Waals surface area contributed by atoms with E-state index in [4.69, 9.17) is 5.73 Å². The van der Waals surface area contributed by atoms with Crippen LogP contribution in [-0.2, 0) is 14.4 Å². The lowest BCUT2D eigenvalue weighted by Gasteiger charge is -2.38. The van der Waals surface area contributed by atoms with E-state index >= 15 is 0 Å². The Hall–Kier alpha value is -2.02. The van der Waals surface area contributed by atoms with Crippen LogP contribution >= 0.6 is 11.8 Å². The molecule has 3 amide bonds. The molecule has 0 spiro atoms. The molecule has 2 atom stereocenters. The van der Waals surface area contributed by atoms with Gasteiger partial charge in [0.15, 0.2) is 0 Å². The Bertz CT molecular complexity index is 679. The lowest BCUT2D eigenvalue weighted by atomic mass is 9.93. The number of primary amides is 1. The number of nitrogens with zero attached hydrogens (tertiary/aromatic N) is 2. The van der Waals surface area contributed by atoms with E-state index in [-0.39, 0.29) is 36.2 Å². The number of rotatable bonds is 3. The number of benzene rings is 1. The summed E-state index contributed by atoms with van der Waals surface area (Å²) in [5, 5.41) is 0. The number of carbonyl (C=O) groups excluding carboxylic acids is 3. The van der Waals surface area contributed by atoms with Crippen LogP contribution < -0.4 is 10.6 Å². The second kappa shape index (κ2) is 6.84. The standard InChI is InChI=1S/C17H21N3O3S/c1-11-6-7-12(17(18)23)8-19(11)15(21)9-20-13-4-2-3-5-14(13)24-10-16(20)22/h2-5,11-12H,6-10H2,1H3,(H2,18,23)/t11-,12+/m0/s1. The number of amides is 3. The summed E-state index contributed by atoms with van der Waals surface area (Å²) in [6.07, 6.45) is 1.46. The minimum absolute atomic E-state index is 0.00618. The van der Waals surface area contributed by atoms with Crippen molar-refractivity contribution in [1.29, 1.82) is 0 Å². The summed E-state index contributed by atoms with van der Waals surface area (Å²) >= 11 is 1.49. The van der Waals surface area contributed by atoms with Gasteiger partial charge < -0.3 is 15.5 Å². The van der Waals surface area contributed by atoms with Gasteiger partial charge in [-0.15, -0.1) is 11.8 Å². The monoisotopic (exact) mass is 347 g/mol. The molecule has 0 aliphatic carbocycles. The second-order valence-electron chi connectivity index (χ2n) is 6.31. The van der Waals surface area contributed by atoms with Crippen molar-refractivity contribution in [2.24, 2.45) is 11.7 Å². The van der Waals surface area contributed by atoms with Crippen molar-refractivity contribution in [3.8, 4) is 0 Å². The maximum absolute atomic E-state index is 12.8. The van der Waals surface area contributed by atoms with Crippen LogP contribution in [0.1, 0.15) is 19.8 Å². The molecule has 24 heavy (non-hydrogen) atoms. The lowest BCUT2D eigenvalue weighted by Crippen LogP contribution is -2.52. The van der Waals surface area contributed by atoms with Crippen molar-refractivity contribution in [2.75, 3.05) is 23.7 Å². The quantitative estimate of drug-likeness (QED) is 0.892. The summed E-state index contributed by atoms with van der Waals surface area (Å²) in [5.74, 6) is -0.531. The summed E-state index contributed by atoms with van der Waals surface area (Å²) in [7, 11) is 0. The lowest BCUT2D eigenvalue weighted by molar-refractivity contribution is -0.137. The highest BCUT2D eigenvalue weighted by molar-refractivity contribution is 8.00. The number of fused-ring (bicyclic) bond motifs is 1. The van der Waals surface area contributed by atoms with Gasteiger partial charge in [-0.2, -0.15) is 0 Å². The first-order valence-electron chi connectivity index (χ1n) is 8.08. The number of nitrogens with two attached hydrogens (primary N) is 1. The number of carbonyl (C=O) groups is 3. The molecule has 0 radical (unpaired) electrons. The summed E-state index contributed by atoms with van der Waals surface area (Å²) in [6, 6.07) is 7.65. The van der Waals surface area contributed by atoms with Gasteiger partial charge in [0.1, 0.15) is 6.54 Å². The van der Waals surface area contributed by atoms with Gasteiger partial charge in [-0.05, 0) is 31.9 Å². The molecule has 128 valence electrons. The minimum Gasteiger partial charge on any atom is -0.369 e. The van der Waals surface area contributed by atoms with Gasteiger partial charge in [0.2, 0.25) is 17.7 Å². The average Bonchev–Trinajstić information content (AvgIpc) is 2.57. The summed E-state index contributed by atoms with van der Waals surface area (Å²) in [5.41, 5.74) is 6.18. The maximum atomic E-state index is 12.8. The van der Waals surface area contributed by atoms with Crippen LogP contribution in [0.25, 0.3) is 0 Å². The third-order valence-electron chi connectivity index (χ3n) is 4.71. The van der Waals surface area contributed by atoms with Crippen molar-refractivity contribution < 1.29 is 14.4 Å². The molecule has 0 aromatic heterocycles. The van der Waals surface area contributed by atoms with E-state index in [0.29, 0.717) is 18.7 Å². The molecule has 1 aromatic carbocycles. The van der Waals surface area contributed by atoms with Crippen molar-refractivity contribution in [3.05, 3.63) is 24.3 Å². The number of piperidine rings is 1. The highest BCUT2D eigenvalue weighted by atomic mass is 32.2. The summed E-state index contributed by atoms with van der Waals surface area (Å²) < 4.78 is 0. The molecular weight excluding hydrogens is 326 g/mol. The Morgan fingerprint density at radius 2 is 2.04 bits per heavy atom. The Labute approximate surface area is 145 Å². The Morgan fingerprint density at radius 3 is 2.79 bits per heavy atom. The van der Waals surface area contributed by atoms with Crippen LogP contribution in [0, 0.1) is 5.92 Å². The first kappa shape index (κ1) is 16.8. The van der Waals surface area contributed by atoms with Gasteiger partial charge in [-0.25, -0.2) is 0 Å². The zero-order chi connectivity index (χ0) is 17.3. The molecule has 2 heterocycles. The fourth-order valence-corrected chi connectivity index (χ4v) is 4.18. The summed E-state index contributed by atoms with van der Waals surface area (Å²) in [6.45, 7) is 2.32. The Balaban J connectivity index is 1.76. The van der Waals surface area contributed by atoms with Gasteiger partial charge >= 0.3 is 0 Å². The molecule has 1 saturated heterocycles. The van der Waals surface area contributed by atoms with Crippen molar-refractivity contribution in [2.45, 2.75) is 30.7 Å². The first-order valence-corrected chi connectivity index (χ1v) is 9.07. The molecule has 1 fully saturated rings. The van der Waals surface area contributed by atoms with Gasteiger partial charge in [-0.1, -0.05) is 12.1 Å². The SMILES string of the molecule is C[C@H]1CC[C@@H](C(N)=O)CN1C(=O)CN1C(=O)CSc2ccccc21. The molecule has 1 aromatic rings. The number of thioether (sulfide) groups is 1. The molecule has 0 saturated carbocycles. The van der Waals surface area contributed by atoms with E-state index in [9.17, 15) is 14.4 Å². The second-order valence-corrected chi connectivity index (χ2v) is 7.33. The van der Waals surface area contributed by atoms with Gasteiger partial charge in [0.25, 0.3) is 0 Å². The molecule has 2 aliphatic rings. The average molecular weight is 347 g/mol. The molecule has 6 nitrogen and oxygen atoms in total. The first-order chi connectivity index (χ1) is 11.5. The fourth-order valence-electron chi connectivity index (χ4n) is 3.24. The molecule has 0 unspecified atom stereocenters. The van der Waals surface area contributed by atoms with Crippen molar-refractivity contribution in [3.63, 3.8) is 0 Å². The molecule has 2 N–H and O–H groups in total. The molecular formula is C17H21N3O3S. The van der Waals surface area contributed by atoms with Crippen LogP contribution in [0.4, 0.5) is 5.69 Å². The summed E-state index contributed by atoms with van der Waals surface area (Å²) in [4.78, 5) is 40.8. The van der Waals surface area contributed by atoms with E-state index in [1.54, 1.807) is 9.80 Å². The van der Waals surface area contributed by atoms with Gasteiger partial charge in [0, 0.05) is 17.5 Å². The smallest absolute Gasteiger partial charge is 0.242 e. The Kier molecular flexibility index (Phi) is 4.80. The van der Waals surface area contributed by atoms with Crippen LogP contribution in [0.15, 0.2) is 29.2 Å². The highest BCUT2D eigenvalue weighted by Gasteiger charge is 2.34. The normalized spacial score (nSPS) is 23.8. The number of anilines is 1. The zero-order valence-corrected chi connectivity index (χ0v) is 14.4. The Morgan fingerprint density at radius 1 is 1.29 bits per heavy atom. The molecule has 0 bridgehead atoms. The van der Waals surface area contributed by atoms with Crippen molar-refractivity contribution >= 4 is 35.2 Å². The van der Waals surface area contributed by atoms with Crippen LogP contribution in [0.2, 0.25) is 0 Å². The molecule has 2 aliphatic heterocycles. The van der Waals surface area contributed by atoms with E-state index in [1.165, 1.54) is 11.8 Å². The fraction of sp³-hybridized carbons (Fsp3) is 0.471. The number of hydrogen-bond acceptors (Lipinski definition) is 4. The third-order valence-corrected chi connectivity index (χ3v) is 5.75. The van der Waals surface area contributed by atoms with Gasteiger partial charge in [0.05, 0.1) is 17.4 Å². The van der Waals surface area contributed by atoms with E-state index < -0.39 is 0 Å². The van der Waals surface area contributed by atoms with Crippen LogP contribution in [0.3, 0.4) is 0 Å². The molecule has 3 rings (SSSR count). The number of para-hydroxylation sites is 1. The van der Waals surface area contributed by atoms with Gasteiger partial charge in [-0.3, -0.25) is 14.4 Å². The van der Waals surface area contributed by atoms with E-state index in [0.717, 1.165) is 17.0 Å². The predicted molar refractivity (Wildman–Crippen MR) is 92.6 cm³/mol. The predicted octanol–water partition coefficient (Wildman–Crippen LogP) is 1.24. The van der Waals surface area contributed by atoms with Crippen LogP contribution in [-0.4, -0.2) is 47.5 Å². The largest absolute Gasteiger partial charge is 0.369 e. The van der Waals surface area contributed by atoms with E-state index in [1.807, 2.05) is 31.2 Å². The van der Waals surface area contributed by atoms with Crippen molar-refractivity contribution in [1.82, 2.24) is 4.90 Å². The number of likely N-dealkylation sites (tertiary alicyclic amines) is 1. The minimum atomic E-state index is -0.365.